The van der Waals surface area contributed by atoms with Crippen LogP contribution in [-0.4, -0.2) is 90.9 Å². The maximum absolute atomic E-state index is 13.3. The molecular weight excluding hydrogens is 512 g/mol. The molecule has 1 saturated carbocycles. The van der Waals surface area contributed by atoms with Gasteiger partial charge in [-0.1, -0.05) is 11.3 Å². The van der Waals surface area contributed by atoms with Gasteiger partial charge in [-0.25, -0.2) is 22.7 Å². The summed E-state index contributed by atoms with van der Waals surface area (Å²) in [4.78, 5) is 9.59. The smallest absolute Gasteiger partial charge is 0.291 e. The summed E-state index contributed by atoms with van der Waals surface area (Å²) < 4.78 is 50.4. The third-order valence-electron chi connectivity index (χ3n) is 7.16. The van der Waals surface area contributed by atoms with Gasteiger partial charge in [-0.3, -0.25) is 9.30 Å². The molecule has 5 heterocycles. The molecule has 6 rings (SSSR count). The third kappa shape index (κ3) is 4.43. The Morgan fingerprint density at radius 2 is 2.17 bits per heavy atom. The van der Waals surface area contributed by atoms with E-state index in [1.165, 1.54) is 0 Å². The van der Waals surface area contributed by atoms with Crippen LogP contribution in [0.25, 0.3) is 16.3 Å². The zero-order valence-electron chi connectivity index (χ0n) is 19.6. The molecule has 2 aliphatic heterocycles. The normalized spacial score (nSPS) is 24.9. The molecule has 3 aromatic rings. The summed E-state index contributed by atoms with van der Waals surface area (Å²) in [6.07, 6.45) is 2.34. The second-order valence-corrected chi connectivity index (χ2v) is 11.9. The van der Waals surface area contributed by atoms with Crippen molar-refractivity contribution >= 4 is 33.5 Å². The second-order valence-electron chi connectivity index (χ2n) is 9.72. The van der Waals surface area contributed by atoms with E-state index in [4.69, 9.17) is 4.74 Å². The van der Waals surface area contributed by atoms with Gasteiger partial charge in [0.05, 0.1) is 47.7 Å². The van der Waals surface area contributed by atoms with Crippen LogP contribution in [0, 0.1) is 0 Å². The van der Waals surface area contributed by atoms with E-state index in [0.717, 1.165) is 55.0 Å². The predicted octanol–water partition coefficient (Wildman–Crippen LogP) is 1.84. The Hall–Kier alpha value is -2.10. The zero-order valence-corrected chi connectivity index (χ0v) is 21.3. The van der Waals surface area contributed by atoms with Gasteiger partial charge in [0.2, 0.25) is 0 Å². The number of alkyl halides is 2. The number of piperazine rings is 1. The molecule has 10 nitrogen and oxygen atoms in total. The Bertz CT molecular complexity index is 1290. The fourth-order valence-corrected chi connectivity index (χ4v) is 6.74. The summed E-state index contributed by atoms with van der Waals surface area (Å²) in [6.45, 7) is 5.55. The number of rotatable bonds is 7. The highest BCUT2D eigenvalue weighted by molar-refractivity contribution is 7.83. The minimum Gasteiger partial charge on any atom is -0.394 e. The molecule has 14 heteroatoms. The Balaban J connectivity index is 1.42. The Labute approximate surface area is 212 Å². The van der Waals surface area contributed by atoms with Crippen molar-refractivity contribution in [2.24, 2.45) is 0 Å². The van der Waals surface area contributed by atoms with Crippen LogP contribution >= 0.6 is 11.3 Å². The first-order valence-electron chi connectivity index (χ1n) is 11.9. The predicted molar refractivity (Wildman–Crippen MR) is 131 cm³/mol. The summed E-state index contributed by atoms with van der Waals surface area (Å²) >= 11 is 0.796. The maximum Gasteiger partial charge on any atom is 0.291 e. The summed E-state index contributed by atoms with van der Waals surface area (Å²) in [5.74, 6) is 0.375. The van der Waals surface area contributed by atoms with E-state index in [-0.39, 0.29) is 34.3 Å². The van der Waals surface area contributed by atoms with Gasteiger partial charge < -0.3 is 14.7 Å². The lowest BCUT2D eigenvalue weighted by molar-refractivity contribution is -0.0934. The monoisotopic (exact) mass is 539 g/mol. The van der Waals surface area contributed by atoms with Crippen molar-refractivity contribution in [3.8, 4) is 10.8 Å². The highest BCUT2D eigenvalue weighted by Crippen LogP contribution is 2.37. The minimum atomic E-state index is -2.71. The molecule has 3 fully saturated rings. The number of nitrogens with one attached hydrogen (secondary N) is 1. The molecule has 0 aromatic carbocycles. The number of aliphatic hydroxyl groups excluding tert-OH is 1. The molecule has 3 atom stereocenters. The average Bonchev–Trinajstić information content (AvgIpc) is 3.25. The molecule has 0 amide bonds. The van der Waals surface area contributed by atoms with Crippen LogP contribution in [0.1, 0.15) is 31.2 Å². The van der Waals surface area contributed by atoms with E-state index in [1.54, 1.807) is 16.8 Å². The summed E-state index contributed by atoms with van der Waals surface area (Å²) in [6, 6.07) is 1.93. The van der Waals surface area contributed by atoms with Gasteiger partial charge in [0, 0.05) is 37.9 Å². The lowest BCUT2D eigenvalue weighted by Gasteiger charge is -2.47. The number of aromatic nitrogens is 4. The first kappa shape index (κ1) is 24.2. The van der Waals surface area contributed by atoms with Crippen LogP contribution < -0.4 is 9.62 Å². The Kier molecular flexibility index (Phi) is 6.29. The van der Waals surface area contributed by atoms with E-state index in [0.29, 0.717) is 23.9 Å². The molecule has 0 spiro atoms. The lowest BCUT2D eigenvalue weighted by Crippen LogP contribution is -2.62. The first-order valence-corrected chi connectivity index (χ1v) is 13.9. The number of fused-ring (bicyclic) bond motifs is 2. The number of nitrogens with zero attached hydrogens (tertiary/aromatic N) is 6. The Morgan fingerprint density at radius 1 is 1.33 bits per heavy atom. The molecule has 0 bridgehead atoms. The van der Waals surface area contributed by atoms with Gasteiger partial charge >= 0.3 is 0 Å². The van der Waals surface area contributed by atoms with Gasteiger partial charge in [-0.2, -0.15) is 0 Å². The van der Waals surface area contributed by atoms with Crippen molar-refractivity contribution in [1.29, 1.82) is 0 Å². The van der Waals surface area contributed by atoms with Crippen molar-refractivity contribution in [2.75, 3.05) is 44.3 Å². The van der Waals surface area contributed by atoms with Gasteiger partial charge in [0.1, 0.15) is 11.0 Å². The number of morpholine rings is 1. The van der Waals surface area contributed by atoms with Crippen molar-refractivity contribution in [3.63, 3.8) is 0 Å². The SMILES string of the molecule is CC1(NS(=O)c2cc(N3CCN4CCOC(CO)C4C3)c3cnc(-c4nnc(C(F)F)s4)n3c2)CC1. The number of pyridine rings is 1. The van der Waals surface area contributed by atoms with Crippen LogP contribution in [0.15, 0.2) is 23.4 Å². The fourth-order valence-electron chi connectivity index (χ4n) is 4.86. The van der Waals surface area contributed by atoms with Crippen molar-refractivity contribution in [3.05, 3.63) is 23.5 Å². The molecule has 1 aliphatic carbocycles. The number of imidazole rings is 1. The standard InChI is InChI=1S/C22H27F2N7O3S2/c1-22(2-3-22)28-36(33)13-8-14(30-5-4-29-6-7-34-17(12-32)16(29)11-30)15-9-25-19(31(15)10-13)21-27-26-20(35-21)18(23)24/h8-10,16-18,28,32H,2-7,11-12H2,1H3. The van der Waals surface area contributed by atoms with Crippen LogP contribution in [0.3, 0.4) is 0 Å². The van der Waals surface area contributed by atoms with Gasteiger partial charge in [-0.05, 0) is 25.8 Å². The Morgan fingerprint density at radius 3 is 2.89 bits per heavy atom. The number of hydrogen-bond acceptors (Lipinski definition) is 9. The molecule has 0 radical (unpaired) electrons. The van der Waals surface area contributed by atoms with E-state index < -0.39 is 17.4 Å². The topological polar surface area (TPSA) is 108 Å². The van der Waals surface area contributed by atoms with Gasteiger partial charge in [0.25, 0.3) is 6.43 Å². The number of halogens is 2. The molecule has 3 aromatic heterocycles. The van der Waals surface area contributed by atoms with Crippen LogP contribution in [0.5, 0.6) is 0 Å². The fraction of sp³-hybridized carbons (Fsp3) is 0.591. The number of aliphatic hydroxyl groups is 1. The summed E-state index contributed by atoms with van der Waals surface area (Å²) in [5, 5.41) is 17.3. The maximum atomic E-state index is 13.3. The molecule has 2 saturated heterocycles. The average molecular weight is 540 g/mol. The van der Waals surface area contributed by atoms with E-state index in [1.807, 2.05) is 13.0 Å². The van der Waals surface area contributed by atoms with E-state index in [2.05, 4.69) is 29.7 Å². The van der Waals surface area contributed by atoms with Crippen molar-refractivity contribution < 1.29 is 22.8 Å². The molecule has 2 N–H and O–H groups in total. The third-order valence-corrected chi connectivity index (χ3v) is 9.42. The number of ether oxygens (including phenoxy) is 1. The summed E-state index contributed by atoms with van der Waals surface area (Å²) in [5.41, 5.74) is 1.44. The largest absolute Gasteiger partial charge is 0.394 e. The quantitative estimate of drug-likeness (QED) is 0.469. The van der Waals surface area contributed by atoms with Crippen molar-refractivity contribution in [2.45, 2.75) is 48.8 Å². The number of anilines is 1. The molecule has 3 aliphatic rings. The van der Waals surface area contributed by atoms with Crippen LogP contribution in [0.2, 0.25) is 0 Å². The summed E-state index contributed by atoms with van der Waals surface area (Å²) in [7, 11) is -1.48. The van der Waals surface area contributed by atoms with E-state index in [9.17, 15) is 18.1 Å². The van der Waals surface area contributed by atoms with Crippen LogP contribution in [0.4, 0.5) is 14.5 Å². The molecular formula is C22H27F2N7O3S2. The lowest BCUT2D eigenvalue weighted by atomic mass is 10.0. The second kappa shape index (κ2) is 9.33. The highest BCUT2D eigenvalue weighted by atomic mass is 32.2. The first-order chi connectivity index (χ1) is 17.3. The molecule has 3 unspecified atom stereocenters. The van der Waals surface area contributed by atoms with E-state index >= 15 is 0 Å². The number of hydrogen-bond donors (Lipinski definition) is 2. The van der Waals surface area contributed by atoms with Crippen molar-refractivity contribution in [1.82, 2.24) is 29.2 Å². The van der Waals surface area contributed by atoms with Gasteiger partial charge in [-0.15, -0.1) is 10.2 Å². The molecule has 194 valence electrons. The minimum absolute atomic E-state index is 0.0226. The van der Waals surface area contributed by atoms with Gasteiger partial charge in [0.15, 0.2) is 15.8 Å². The van der Waals surface area contributed by atoms with Crippen LogP contribution in [-0.2, 0) is 15.7 Å². The highest BCUT2D eigenvalue weighted by Gasteiger charge is 2.40. The zero-order chi connectivity index (χ0) is 25.0. The molecule has 36 heavy (non-hydrogen) atoms.